The predicted octanol–water partition coefficient (Wildman–Crippen LogP) is 2.59. The topological polar surface area (TPSA) is 46.5 Å². The summed E-state index contributed by atoms with van der Waals surface area (Å²) in [6.45, 7) is 2.77. The van der Waals surface area contributed by atoms with Crippen LogP contribution < -0.4 is 0 Å². The number of rotatable bonds is 2. The average molecular weight is 290 g/mol. The van der Waals surface area contributed by atoms with Crippen molar-refractivity contribution in [2.45, 2.75) is 50.0 Å². The first kappa shape index (κ1) is 13.9. The predicted molar refractivity (Wildman–Crippen MR) is 63.6 cm³/mol. The second-order valence-electron chi connectivity index (χ2n) is 6.48. The fourth-order valence-electron chi connectivity index (χ4n) is 4.44. The molecule has 3 unspecified atom stereocenters. The van der Waals surface area contributed by atoms with Gasteiger partial charge in [-0.05, 0) is 49.9 Å². The Morgan fingerprint density at radius 3 is 2.25 bits per heavy atom. The molecule has 3 nitrogen and oxygen atoms in total. The average Bonchev–Trinajstić information content (AvgIpc) is 2.32. The molecular formula is C14H17F3O3. The smallest absolute Gasteiger partial charge is 0.422 e. The quantitative estimate of drug-likeness (QED) is 0.628. The minimum absolute atomic E-state index is 0.0493. The molecular weight excluding hydrogens is 273 g/mol. The summed E-state index contributed by atoms with van der Waals surface area (Å²) in [4.78, 5) is 11.7. The highest BCUT2D eigenvalue weighted by molar-refractivity contribution is 5.89. The molecule has 0 amide bonds. The summed E-state index contributed by atoms with van der Waals surface area (Å²) in [5.41, 5.74) is -2.62. The number of hydrogen-bond acceptors (Lipinski definition) is 3. The fraction of sp³-hybridized carbons (Fsp3) is 0.786. The maximum Gasteiger partial charge on any atom is 0.422 e. The van der Waals surface area contributed by atoms with E-state index < -0.39 is 29.4 Å². The summed E-state index contributed by atoms with van der Waals surface area (Å²) in [5, 5.41) is 10.3. The van der Waals surface area contributed by atoms with Crippen LogP contribution in [0.15, 0.2) is 12.2 Å². The number of esters is 1. The highest BCUT2D eigenvalue weighted by atomic mass is 19.4. The Hall–Kier alpha value is -1.04. The lowest BCUT2D eigenvalue weighted by molar-refractivity contribution is -0.227. The lowest BCUT2D eigenvalue weighted by atomic mass is 9.53. The van der Waals surface area contributed by atoms with Crippen molar-refractivity contribution in [2.75, 3.05) is 0 Å². The van der Waals surface area contributed by atoms with Crippen molar-refractivity contribution in [3.8, 4) is 0 Å². The molecule has 0 heterocycles. The van der Waals surface area contributed by atoms with E-state index in [1.54, 1.807) is 0 Å². The van der Waals surface area contributed by atoms with E-state index in [0.717, 1.165) is 19.3 Å². The van der Waals surface area contributed by atoms with E-state index in [0.29, 0.717) is 24.7 Å². The van der Waals surface area contributed by atoms with Gasteiger partial charge in [-0.1, -0.05) is 6.58 Å². The first-order valence-corrected chi connectivity index (χ1v) is 6.89. The molecule has 0 aromatic carbocycles. The van der Waals surface area contributed by atoms with E-state index in [-0.39, 0.29) is 5.92 Å². The Morgan fingerprint density at radius 2 is 1.75 bits per heavy atom. The van der Waals surface area contributed by atoms with Crippen molar-refractivity contribution < 1.29 is 27.8 Å². The third-order valence-corrected chi connectivity index (χ3v) is 5.08. The molecule has 0 aliphatic heterocycles. The maximum atomic E-state index is 12.5. The Bertz CT molecular complexity index is 443. The minimum atomic E-state index is -4.79. The van der Waals surface area contributed by atoms with E-state index in [1.165, 1.54) is 0 Å². The third-order valence-electron chi connectivity index (χ3n) is 5.08. The van der Waals surface area contributed by atoms with Gasteiger partial charge in [-0.25, -0.2) is 4.79 Å². The molecule has 4 saturated carbocycles. The summed E-state index contributed by atoms with van der Waals surface area (Å²) in [6.07, 6.45) is -1.89. The van der Waals surface area contributed by atoms with Gasteiger partial charge in [0.05, 0.1) is 6.10 Å². The highest BCUT2D eigenvalue weighted by Crippen LogP contribution is 2.57. The Kier molecular flexibility index (Phi) is 2.94. The number of halogens is 3. The zero-order valence-corrected chi connectivity index (χ0v) is 10.9. The van der Waals surface area contributed by atoms with Gasteiger partial charge in [0.2, 0.25) is 0 Å². The number of carbonyl (C=O) groups excluding carboxylic acids is 1. The molecule has 0 spiro atoms. The first-order valence-electron chi connectivity index (χ1n) is 6.89. The maximum absolute atomic E-state index is 12.5. The summed E-state index contributed by atoms with van der Waals surface area (Å²) < 4.78 is 42.6. The Labute approximate surface area is 114 Å². The van der Waals surface area contributed by atoms with Crippen molar-refractivity contribution in [3.05, 3.63) is 12.2 Å². The Balaban J connectivity index is 1.79. The molecule has 0 aromatic rings. The SMILES string of the molecule is C=C(C(=O)OC12CC3CC(CC(C3)C1O)C2)C(F)(F)F. The number of aliphatic hydroxyl groups is 1. The van der Waals surface area contributed by atoms with Crippen LogP contribution in [0.5, 0.6) is 0 Å². The van der Waals surface area contributed by atoms with Gasteiger partial charge in [0.1, 0.15) is 11.2 Å². The number of ether oxygens (including phenoxy) is 1. The number of hydrogen-bond donors (Lipinski definition) is 1. The first-order chi connectivity index (χ1) is 9.21. The molecule has 6 heteroatoms. The van der Waals surface area contributed by atoms with Gasteiger partial charge < -0.3 is 9.84 Å². The Morgan fingerprint density at radius 1 is 1.20 bits per heavy atom. The zero-order valence-electron chi connectivity index (χ0n) is 10.9. The van der Waals surface area contributed by atoms with Crippen LogP contribution in [0.2, 0.25) is 0 Å². The van der Waals surface area contributed by atoms with Crippen LogP contribution >= 0.6 is 0 Å². The van der Waals surface area contributed by atoms with Crippen LogP contribution in [0.4, 0.5) is 13.2 Å². The minimum Gasteiger partial charge on any atom is -0.453 e. The lowest BCUT2D eigenvalue weighted by Crippen LogP contribution is -2.62. The molecule has 0 radical (unpaired) electrons. The van der Waals surface area contributed by atoms with E-state index >= 15 is 0 Å². The third kappa shape index (κ3) is 2.05. The molecule has 4 fully saturated rings. The molecule has 0 aromatic heterocycles. The van der Waals surface area contributed by atoms with Gasteiger partial charge in [-0.15, -0.1) is 0 Å². The van der Waals surface area contributed by atoms with Gasteiger partial charge in [0.15, 0.2) is 0 Å². The standard InChI is InChI=1S/C14H17F3O3/c1-7(14(15,16)17)12(19)20-13-5-8-2-9(6-13)4-10(3-8)11(13)18/h8-11,18H,1-6H2. The van der Waals surface area contributed by atoms with Crippen LogP contribution in [0.3, 0.4) is 0 Å². The highest BCUT2D eigenvalue weighted by Gasteiger charge is 2.59. The van der Waals surface area contributed by atoms with Crippen LogP contribution in [0, 0.1) is 17.8 Å². The number of carbonyl (C=O) groups is 1. The molecule has 4 rings (SSSR count). The normalized spacial score (nSPS) is 42.6. The van der Waals surface area contributed by atoms with Gasteiger partial charge in [0.25, 0.3) is 0 Å². The molecule has 3 atom stereocenters. The molecule has 20 heavy (non-hydrogen) atoms. The summed E-state index contributed by atoms with van der Waals surface area (Å²) in [5.74, 6) is -0.697. The van der Waals surface area contributed by atoms with E-state index in [4.69, 9.17) is 4.74 Å². The molecule has 4 aliphatic rings. The lowest BCUT2D eigenvalue weighted by Gasteiger charge is -2.58. The largest absolute Gasteiger partial charge is 0.453 e. The van der Waals surface area contributed by atoms with Gasteiger partial charge in [-0.3, -0.25) is 0 Å². The van der Waals surface area contributed by atoms with Crippen LogP contribution in [-0.2, 0) is 9.53 Å². The molecule has 0 saturated heterocycles. The molecule has 4 bridgehead atoms. The number of aliphatic hydroxyl groups excluding tert-OH is 1. The van der Waals surface area contributed by atoms with E-state index in [2.05, 4.69) is 6.58 Å². The van der Waals surface area contributed by atoms with Crippen molar-refractivity contribution >= 4 is 5.97 Å². The molecule has 1 N–H and O–H groups in total. The van der Waals surface area contributed by atoms with Gasteiger partial charge >= 0.3 is 12.1 Å². The van der Waals surface area contributed by atoms with Crippen LogP contribution in [-0.4, -0.2) is 29.0 Å². The van der Waals surface area contributed by atoms with Crippen molar-refractivity contribution in [1.29, 1.82) is 0 Å². The second-order valence-corrected chi connectivity index (χ2v) is 6.48. The van der Waals surface area contributed by atoms with Crippen molar-refractivity contribution in [1.82, 2.24) is 0 Å². The van der Waals surface area contributed by atoms with Gasteiger partial charge in [-0.2, -0.15) is 13.2 Å². The summed E-state index contributed by atoms with van der Waals surface area (Å²) in [7, 11) is 0. The summed E-state index contributed by atoms with van der Waals surface area (Å²) >= 11 is 0. The van der Waals surface area contributed by atoms with E-state index in [1.807, 2.05) is 0 Å². The van der Waals surface area contributed by atoms with Crippen molar-refractivity contribution in [2.24, 2.45) is 17.8 Å². The van der Waals surface area contributed by atoms with E-state index in [9.17, 15) is 23.1 Å². The van der Waals surface area contributed by atoms with Crippen molar-refractivity contribution in [3.63, 3.8) is 0 Å². The van der Waals surface area contributed by atoms with Crippen LogP contribution in [0.25, 0.3) is 0 Å². The van der Waals surface area contributed by atoms with Crippen LogP contribution in [0.1, 0.15) is 32.1 Å². The molecule has 112 valence electrons. The number of alkyl halides is 3. The molecule has 4 aliphatic carbocycles. The monoisotopic (exact) mass is 290 g/mol. The fourth-order valence-corrected chi connectivity index (χ4v) is 4.44. The summed E-state index contributed by atoms with van der Waals surface area (Å²) in [6, 6.07) is 0. The van der Waals surface area contributed by atoms with Gasteiger partial charge in [0, 0.05) is 0 Å². The zero-order chi connectivity index (χ0) is 14.7. The second kappa shape index (κ2) is 4.23.